The van der Waals surface area contributed by atoms with Gasteiger partial charge in [0.15, 0.2) is 0 Å². The largest absolute Gasteiger partial charge is 0.497 e. The Hall–Kier alpha value is -1.02. The van der Waals surface area contributed by atoms with Gasteiger partial charge in [-0.05, 0) is 43.5 Å². The molecule has 0 saturated carbocycles. The highest BCUT2D eigenvalue weighted by atomic mass is 16.5. The van der Waals surface area contributed by atoms with Crippen molar-refractivity contribution in [3.63, 3.8) is 0 Å². The molecule has 0 amide bonds. The molecule has 1 unspecified atom stereocenters. The number of methoxy groups -OCH3 is 1. The lowest BCUT2D eigenvalue weighted by Gasteiger charge is -2.27. The third-order valence-electron chi connectivity index (χ3n) is 3.55. The molecule has 0 aliphatic heterocycles. The number of rotatable bonds is 8. The molecule has 0 aliphatic rings. The van der Waals surface area contributed by atoms with E-state index in [4.69, 9.17) is 4.74 Å². The Labute approximate surface area is 112 Å². The van der Waals surface area contributed by atoms with E-state index in [0.717, 1.165) is 5.75 Å². The van der Waals surface area contributed by atoms with Crippen LogP contribution >= 0.6 is 0 Å². The lowest BCUT2D eigenvalue weighted by molar-refractivity contribution is 0.329. The molecule has 0 aromatic heterocycles. The highest BCUT2D eigenvalue weighted by Gasteiger charge is 2.20. The van der Waals surface area contributed by atoms with E-state index >= 15 is 0 Å². The van der Waals surface area contributed by atoms with Crippen molar-refractivity contribution in [2.45, 2.75) is 45.6 Å². The van der Waals surface area contributed by atoms with Gasteiger partial charge in [0.2, 0.25) is 0 Å². The molecule has 102 valence electrons. The number of nitrogens with one attached hydrogen (secondary N) is 1. The summed E-state index contributed by atoms with van der Waals surface area (Å²) in [4.78, 5) is 0. The molecule has 1 N–H and O–H groups in total. The molecule has 2 nitrogen and oxygen atoms in total. The van der Waals surface area contributed by atoms with Crippen molar-refractivity contribution >= 4 is 0 Å². The number of benzene rings is 1. The van der Waals surface area contributed by atoms with Crippen LogP contribution in [0.3, 0.4) is 0 Å². The van der Waals surface area contributed by atoms with E-state index in [2.05, 4.69) is 44.4 Å². The summed E-state index contributed by atoms with van der Waals surface area (Å²) in [7, 11) is 3.78. The van der Waals surface area contributed by atoms with Crippen LogP contribution in [0.1, 0.15) is 51.1 Å². The molecule has 0 saturated heterocycles. The quantitative estimate of drug-likeness (QED) is 0.746. The van der Waals surface area contributed by atoms with Crippen LogP contribution in [-0.4, -0.2) is 14.2 Å². The topological polar surface area (TPSA) is 21.3 Å². The molecule has 1 atom stereocenters. The maximum absolute atomic E-state index is 5.32. The summed E-state index contributed by atoms with van der Waals surface area (Å²) in [6.45, 7) is 4.53. The fourth-order valence-electron chi connectivity index (χ4n) is 2.73. The van der Waals surface area contributed by atoms with Gasteiger partial charge in [-0.25, -0.2) is 0 Å². The Bertz CT molecular complexity index is 332. The van der Waals surface area contributed by atoms with Gasteiger partial charge in [0.1, 0.15) is 5.75 Å². The van der Waals surface area contributed by atoms with E-state index in [1.165, 1.54) is 31.2 Å². The monoisotopic (exact) mass is 249 g/mol. The van der Waals surface area contributed by atoms with Gasteiger partial charge < -0.3 is 10.1 Å². The first-order valence-electron chi connectivity index (χ1n) is 7.08. The van der Waals surface area contributed by atoms with Gasteiger partial charge >= 0.3 is 0 Å². The fourth-order valence-corrected chi connectivity index (χ4v) is 2.73. The molecular formula is C16H27NO. The smallest absolute Gasteiger partial charge is 0.119 e. The third-order valence-corrected chi connectivity index (χ3v) is 3.55. The van der Waals surface area contributed by atoms with Crippen LogP contribution in [0.5, 0.6) is 5.75 Å². The van der Waals surface area contributed by atoms with Gasteiger partial charge in [-0.15, -0.1) is 0 Å². The Morgan fingerprint density at radius 1 is 1.17 bits per heavy atom. The van der Waals surface area contributed by atoms with Crippen molar-refractivity contribution in [1.82, 2.24) is 5.32 Å². The third kappa shape index (κ3) is 4.02. The van der Waals surface area contributed by atoms with Crippen molar-refractivity contribution in [2.24, 2.45) is 5.92 Å². The van der Waals surface area contributed by atoms with Crippen LogP contribution in [0.25, 0.3) is 0 Å². The Morgan fingerprint density at radius 2 is 1.83 bits per heavy atom. The van der Waals surface area contributed by atoms with Crippen LogP contribution in [0, 0.1) is 5.92 Å². The molecule has 0 radical (unpaired) electrons. The average molecular weight is 249 g/mol. The lowest BCUT2D eigenvalue weighted by atomic mass is 9.86. The van der Waals surface area contributed by atoms with E-state index in [1.807, 2.05) is 6.07 Å². The summed E-state index contributed by atoms with van der Waals surface area (Å²) in [6, 6.07) is 8.86. The Balaban J connectivity index is 2.90. The van der Waals surface area contributed by atoms with Crippen LogP contribution in [0.2, 0.25) is 0 Å². The normalized spacial score (nSPS) is 12.7. The average Bonchev–Trinajstić information content (AvgIpc) is 2.40. The Kier molecular flexibility index (Phi) is 6.81. The summed E-state index contributed by atoms with van der Waals surface area (Å²) in [5, 5.41) is 3.48. The van der Waals surface area contributed by atoms with Gasteiger partial charge in [-0.3, -0.25) is 0 Å². The minimum atomic E-state index is 0.431. The summed E-state index contributed by atoms with van der Waals surface area (Å²) in [5.74, 6) is 1.65. The van der Waals surface area contributed by atoms with Gasteiger partial charge in [0.05, 0.1) is 7.11 Å². The molecular weight excluding hydrogens is 222 g/mol. The summed E-state index contributed by atoms with van der Waals surface area (Å²) >= 11 is 0. The van der Waals surface area contributed by atoms with Crippen LogP contribution in [0.15, 0.2) is 24.3 Å². The lowest BCUT2D eigenvalue weighted by Crippen LogP contribution is -2.25. The zero-order valence-corrected chi connectivity index (χ0v) is 12.2. The fraction of sp³-hybridized carbons (Fsp3) is 0.625. The zero-order valence-electron chi connectivity index (χ0n) is 12.2. The second kappa shape index (κ2) is 8.15. The molecule has 2 heteroatoms. The maximum Gasteiger partial charge on any atom is 0.119 e. The van der Waals surface area contributed by atoms with Crippen LogP contribution in [-0.2, 0) is 0 Å². The summed E-state index contributed by atoms with van der Waals surface area (Å²) in [6.07, 6.45) is 5.03. The summed E-state index contributed by atoms with van der Waals surface area (Å²) in [5.41, 5.74) is 1.34. The predicted molar refractivity (Wildman–Crippen MR) is 78.1 cm³/mol. The molecule has 1 aromatic rings. The van der Waals surface area contributed by atoms with E-state index in [0.29, 0.717) is 12.0 Å². The number of hydrogen-bond acceptors (Lipinski definition) is 2. The highest BCUT2D eigenvalue weighted by molar-refractivity contribution is 5.30. The maximum atomic E-state index is 5.32. The van der Waals surface area contributed by atoms with Gasteiger partial charge in [0.25, 0.3) is 0 Å². The molecule has 1 aromatic carbocycles. The molecule has 0 spiro atoms. The zero-order chi connectivity index (χ0) is 13.4. The molecule has 0 aliphatic carbocycles. The second-order valence-electron chi connectivity index (χ2n) is 4.88. The molecule has 0 fully saturated rings. The minimum absolute atomic E-state index is 0.431. The second-order valence-corrected chi connectivity index (χ2v) is 4.88. The first-order chi connectivity index (χ1) is 8.76. The molecule has 1 rings (SSSR count). The minimum Gasteiger partial charge on any atom is -0.497 e. The van der Waals surface area contributed by atoms with Crippen LogP contribution in [0.4, 0.5) is 0 Å². The number of hydrogen-bond donors (Lipinski definition) is 1. The van der Waals surface area contributed by atoms with Crippen molar-refractivity contribution in [1.29, 1.82) is 0 Å². The standard InChI is InChI=1S/C16H27NO/c1-5-8-13(9-6-2)16(17-3)14-10-7-11-15(12-14)18-4/h7,10-13,16-17H,5-6,8-9H2,1-4H3. The van der Waals surface area contributed by atoms with Gasteiger partial charge in [-0.2, -0.15) is 0 Å². The highest BCUT2D eigenvalue weighted by Crippen LogP contribution is 2.30. The van der Waals surface area contributed by atoms with Gasteiger partial charge in [-0.1, -0.05) is 38.8 Å². The van der Waals surface area contributed by atoms with E-state index < -0.39 is 0 Å². The SMILES string of the molecule is CCCC(CCC)C(NC)c1cccc(OC)c1. The van der Waals surface area contributed by atoms with Crippen molar-refractivity contribution in [2.75, 3.05) is 14.2 Å². The van der Waals surface area contributed by atoms with Crippen molar-refractivity contribution in [3.8, 4) is 5.75 Å². The van der Waals surface area contributed by atoms with E-state index in [9.17, 15) is 0 Å². The molecule has 0 heterocycles. The predicted octanol–water partition coefficient (Wildman–Crippen LogP) is 4.17. The first kappa shape index (κ1) is 15.0. The van der Waals surface area contributed by atoms with E-state index in [1.54, 1.807) is 7.11 Å². The first-order valence-corrected chi connectivity index (χ1v) is 7.08. The number of ether oxygens (including phenoxy) is 1. The van der Waals surface area contributed by atoms with Gasteiger partial charge in [0, 0.05) is 6.04 Å². The van der Waals surface area contributed by atoms with E-state index in [-0.39, 0.29) is 0 Å². The van der Waals surface area contributed by atoms with Crippen molar-refractivity contribution < 1.29 is 4.74 Å². The molecule has 18 heavy (non-hydrogen) atoms. The van der Waals surface area contributed by atoms with Crippen molar-refractivity contribution in [3.05, 3.63) is 29.8 Å². The Morgan fingerprint density at radius 3 is 2.33 bits per heavy atom. The van der Waals surface area contributed by atoms with Crippen LogP contribution < -0.4 is 10.1 Å². The summed E-state index contributed by atoms with van der Waals surface area (Å²) < 4.78 is 5.32. The molecule has 0 bridgehead atoms.